The monoisotopic (exact) mass is 741 g/mol. The van der Waals surface area contributed by atoms with E-state index < -0.39 is 5.60 Å². The van der Waals surface area contributed by atoms with Crippen LogP contribution in [0.3, 0.4) is 0 Å². The second-order valence-electron chi connectivity index (χ2n) is 11.3. The lowest BCUT2D eigenvalue weighted by Crippen LogP contribution is -2.28. The van der Waals surface area contributed by atoms with Crippen LogP contribution < -0.4 is 0 Å². The number of esters is 1. The van der Waals surface area contributed by atoms with Crippen LogP contribution in [-0.4, -0.2) is 23.2 Å². The number of halogens is 1. The van der Waals surface area contributed by atoms with Crippen molar-refractivity contribution in [3.05, 3.63) is 88.1 Å². The van der Waals surface area contributed by atoms with Gasteiger partial charge in [-0.05, 0) is 86.4 Å². The lowest BCUT2D eigenvalue weighted by Gasteiger charge is -2.34. The molecule has 0 atom stereocenters. The summed E-state index contributed by atoms with van der Waals surface area (Å²) in [6.45, 7) is 19.5. The zero-order valence-corrected chi connectivity index (χ0v) is 31.8. The molecule has 3 aromatic rings. The first kappa shape index (κ1) is 38.8. The van der Waals surface area contributed by atoms with Crippen molar-refractivity contribution in [1.82, 2.24) is 4.98 Å². The molecular weight excluding hydrogens is 689 g/mol. The van der Waals surface area contributed by atoms with Crippen LogP contribution in [0.1, 0.15) is 120 Å². The molecule has 0 unspecified atom stereocenters. The molecule has 6 heteroatoms. The lowest BCUT2D eigenvalue weighted by molar-refractivity contribution is -0.142. The number of hydrogen-bond acceptors (Lipinski definition) is 5. The van der Waals surface area contributed by atoms with Gasteiger partial charge in [0.1, 0.15) is 5.60 Å². The molecule has 0 aliphatic carbocycles. The molecule has 0 aliphatic rings. The Balaban J connectivity index is 0.00000345. The van der Waals surface area contributed by atoms with E-state index in [1.807, 2.05) is 32.9 Å². The van der Waals surface area contributed by atoms with Crippen LogP contribution in [0.4, 0.5) is 0 Å². The third kappa shape index (κ3) is 10.1. The summed E-state index contributed by atoms with van der Waals surface area (Å²) in [7, 11) is 1.39. The Morgan fingerprint density at radius 3 is 2.00 bits per heavy atom. The van der Waals surface area contributed by atoms with Gasteiger partial charge in [0.25, 0.3) is 0 Å². The fourth-order valence-corrected chi connectivity index (χ4v) is 7.42. The molecule has 0 fully saturated rings. The maximum absolute atomic E-state index is 11.8. The Morgan fingerprint density at radius 1 is 0.889 bits per heavy atom. The van der Waals surface area contributed by atoms with E-state index in [4.69, 9.17) is 8.92 Å². The van der Waals surface area contributed by atoms with Crippen LogP contribution in [0.5, 0.6) is 0 Å². The van der Waals surface area contributed by atoms with E-state index in [-0.39, 0.29) is 17.8 Å². The van der Waals surface area contributed by atoms with Gasteiger partial charge in [0, 0.05) is 43.9 Å². The van der Waals surface area contributed by atoms with Crippen LogP contribution in [0.2, 0.25) is 0 Å². The van der Waals surface area contributed by atoms with Gasteiger partial charge in [-0.3, -0.25) is 14.0 Å². The molecule has 244 valence electrons. The molecular formula is C39H52INO3S. The molecule has 1 heterocycles. The number of nitrogens with zero attached hydrogens (tertiary/aromatic N) is 1. The molecule has 4 nitrogen and oxygen atoms in total. The number of rotatable bonds is 14. The number of carbonyl (C=O) groups excluding carboxylic acids is 1. The zero-order valence-electron chi connectivity index (χ0n) is 28.8. The fraction of sp³-hybridized carbons (Fsp3) is 0.487. The zero-order chi connectivity index (χ0) is 33.5. The summed E-state index contributed by atoms with van der Waals surface area (Å²) in [5, 5.41) is 0. The second kappa shape index (κ2) is 19.4. The highest BCUT2D eigenvalue weighted by Crippen LogP contribution is 2.41. The standard InChI is InChI=1S/C37H46INO3S.C2H6/c1-8-20-36(21-9-2,42-43-38)22-19-30-14-15-31(23-27(30)6)37(10-3,11-4)32-16-17-33(28(7)24-32)34-18-13-29(26-39-34)25-35(40)41-12-5;1-2/h13-18,23-24,26H,8-12,20-21,25H2,1-7H3;1-2H3. The van der Waals surface area contributed by atoms with Crippen LogP contribution in [0, 0.1) is 25.7 Å². The normalized spacial score (nSPS) is 11.2. The molecule has 0 N–H and O–H groups in total. The largest absolute Gasteiger partial charge is 0.466 e. The van der Waals surface area contributed by atoms with E-state index in [9.17, 15) is 4.79 Å². The van der Waals surface area contributed by atoms with Crippen molar-refractivity contribution >= 4 is 36.4 Å². The maximum atomic E-state index is 11.8. The summed E-state index contributed by atoms with van der Waals surface area (Å²) < 4.78 is 11.2. The summed E-state index contributed by atoms with van der Waals surface area (Å²) in [6.07, 6.45) is 7.92. The molecule has 2 aromatic carbocycles. The molecule has 0 spiro atoms. The third-order valence-electron chi connectivity index (χ3n) is 8.44. The van der Waals surface area contributed by atoms with Crippen molar-refractivity contribution in [2.75, 3.05) is 6.61 Å². The molecule has 0 saturated carbocycles. The predicted molar refractivity (Wildman–Crippen MR) is 201 cm³/mol. The Hall–Kier alpha value is -2.34. The quantitative estimate of drug-likeness (QED) is 0.0713. The average Bonchev–Trinajstić information content (AvgIpc) is 3.03. The van der Waals surface area contributed by atoms with Crippen molar-refractivity contribution in [3.63, 3.8) is 0 Å². The minimum Gasteiger partial charge on any atom is -0.466 e. The number of ether oxygens (including phenoxy) is 1. The van der Waals surface area contributed by atoms with Gasteiger partial charge in [-0.25, -0.2) is 0 Å². The molecule has 0 amide bonds. The first-order valence-electron chi connectivity index (χ1n) is 16.5. The predicted octanol–water partition coefficient (Wildman–Crippen LogP) is 11.3. The highest BCUT2D eigenvalue weighted by atomic mass is 127. The summed E-state index contributed by atoms with van der Waals surface area (Å²) >= 11 is 2.20. The minimum atomic E-state index is -0.410. The summed E-state index contributed by atoms with van der Waals surface area (Å²) in [6, 6.07) is 17.5. The number of carbonyl (C=O) groups is 1. The SMILES string of the molecule is CC.CCCC(C#Cc1ccc(C(CC)(CC)c2ccc(-c3ccc(CC(=O)OCC)cn3)c(C)c2)cc1C)(CCC)OSI. The van der Waals surface area contributed by atoms with E-state index in [1.54, 1.807) is 6.20 Å². The summed E-state index contributed by atoms with van der Waals surface area (Å²) in [5.74, 6) is 6.80. The lowest BCUT2D eigenvalue weighted by atomic mass is 9.69. The first-order valence-corrected chi connectivity index (χ1v) is 19.8. The molecule has 3 rings (SSSR count). The van der Waals surface area contributed by atoms with Crippen molar-refractivity contribution in [2.24, 2.45) is 0 Å². The van der Waals surface area contributed by atoms with Crippen LogP contribution >= 0.6 is 30.4 Å². The molecule has 0 saturated heterocycles. The topological polar surface area (TPSA) is 48.4 Å². The molecule has 0 bridgehead atoms. The van der Waals surface area contributed by atoms with E-state index in [0.717, 1.165) is 60.9 Å². The van der Waals surface area contributed by atoms with Crippen molar-refractivity contribution in [2.45, 2.75) is 118 Å². The van der Waals surface area contributed by atoms with Gasteiger partial charge >= 0.3 is 5.97 Å². The van der Waals surface area contributed by atoms with Gasteiger partial charge in [0.15, 0.2) is 0 Å². The Bertz CT molecular complexity index is 1400. The molecule has 0 aliphatic heterocycles. The first-order chi connectivity index (χ1) is 21.7. The Kier molecular flexibility index (Phi) is 16.7. The van der Waals surface area contributed by atoms with Crippen LogP contribution in [0.25, 0.3) is 11.3 Å². The molecule has 45 heavy (non-hydrogen) atoms. The van der Waals surface area contributed by atoms with E-state index in [0.29, 0.717) is 6.61 Å². The number of aryl methyl sites for hydroxylation is 2. The van der Waals surface area contributed by atoms with Gasteiger partial charge in [-0.1, -0.05) is 103 Å². The smallest absolute Gasteiger partial charge is 0.310 e. The van der Waals surface area contributed by atoms with Crippen molar-refractivity contribution in [3.8, 4) is 23.1 Å². The summed E-state index contributed by atoms with van der Waals surface area (Å²) in [5.41, 5.74) is 8.42. The van der Waals surface area contributed by atoms with Crippen molar-refractivity contribution in [1.29, 1.82) is 0 Å². The third-order valence-corrected chi connectivity index (χ3v) is 9.36. The van der Waals surface area contributed by atoms with E-state index in [2.05, 4.69) is 116 Å². The van der Waals surface area contributed by atoms with Gasteiger partial charge in [0.05, 0.1) is 27.9 Å². The fourth-order valence-electron chi connectivity index (χ4n) is 6.05. The molecule has 1 aromatic heterocycles. The number of aromatic nitrogens is 1. The van der Waals surface area contributed by atoms with Gasteiger partial charge in [0.2, 0.25) is 0 Å². The Labute approximate surface area is 289 Å². The Morgan fingerprint density at radius 2 is 1.51 bits per heavy atom. The van der Waals surface area contributed by atoms with Gasteiger partial charge in [-0.15, -0.1) is 0 Å². The minimum absolute atomic E-state index is 0.105. The highest BCUT2D eigenvalue weighted by Gasteiger charge is 2.32. The molecule has 0 radical (unpaired) electrons. The number of pyridine rings is 1. The van der Waals surface area contributed by atoms with Gasteiger partial charge < -0.3 is 4.74 Å². The van der Waals surface area contributed by atoms with Crippen LogP contribution in [0.15, 0.2) is 54.7 Å². The average molecular weight is 742 g/mol. The van der Waals surface area contributed by atoms with Crippen molar-refractivity contribution < 1.29 is 13.7 Å². The van der Waals surface area contributed by atoms with Crippen LogP contribution in [-0.2, 0) is 25.6 Å². The number of benzene rings is 2. The van der Waals surface area contributed by atoms with Gasteiger partial charge in [-0.2, -0.15) is 0 Å². The van der Waals surface area contributed by atoms with E-state index >= 15 is 0 Å². The van der Waals surface area contributed by atoms with E-state index in [1.165, 1.54) is 31.5 Å². The highest BCUT2D eigenvalue weighted by molar-refractivity contribution is 14.2. The summed E-state index contributed by atoms with van der Waals surface area (Å²) in [4.78, 5) is 16.5. The number of hydrogen-bond donors (Lipinski definition) is 0. The maximum Gasteiger partial charge on any atom is 0.310 e. The second-order valence-corrected chi connectivity index (χ2v) is 12.6.